The second kappa shape index (κ2) is 6.08. The van der Waals surface area contributed by atoms with Crippen molar-refractivity contribution >= 4 is 41.5 Å². The van der Waals surface area contributed by atoms with Crippen molar-refractivity contribution in [3.63, 3.8) is 0 Å². The van der Waals surface area contributed by atoms with Gasteiger partial charge in [0.05, 0.1) is 9.82 Å². The molecule has 0 unspecified atom stereocenters. The van der Waals surface area contributed by atoms with E-state index in [1.165, 1.54) is 17.8 Å². The van der Waals surface area contributed by atoms with Gasteiger partial charge in [0.25, 0.3) is 5.69 Å². The summed E-state index contributed by atoms with van der Waals surface area (Å²) < 4.78 is 1.79. The molecule has 0 amide bonds. The summed E-state index contributed by atoms with van der Waals surface area (Å²) in [5, 5.41) is 11.9. The van der Waals surface area contributed by atoms with Crippen molar-refractivity contribution in [1.29, 1.82) is 0 Å². The molecule has 0 saturated carbocycles. The molecule has 0 aliphatic rings. The molecule has 2 rings (SSSR count). The van der Waals surface area contributed by atoms with Gasteiger partial charge in [-0.15, -0.1) is 12.4 Å². The smallest absolute Gasteiger partial charge is 0.284 e. The van der Waals surface area contributed by atoms with Crippen molar-refractivity contribution in [3.05, 3.63) is 45.7 Å². The summed E-state index contributed by atoms with van der Waals surface area (Å²) in [6.45, 7) is 0. The molecule has 2 aromatic rings. The number of halogens is 2. The Labute approximate surface area is 119 Å². The molecule has 1 aromatic carbocycles. The summed E-state index contributed by atoms with van der Waals surface area (Å²) in [5.74, 6) is 0. The Kier molecular flexibility index (Phi) is 5.01. The van der Waals surface area contributed by atoms with Gasteiger partial charge in [-0.3, -0.25) is 10.1 Å². The number of nitro groups is 1. The van der Waals surface area contributed by atoms with Crippen LogP contribution < -0.4 is 0 Å². The lowest BCUT2D eigenvalue weighted by atomic mass is 10.3. The number of aryl methyl sites for hydroxylation is 1. The van der Waals surface area contributed by atoms with Crippen LogP contribution in [0.25, 0.3) is 0 Å². The van der Waals surface area contributed by atoms with Crippen LogP contribution in [0.3, 0.4) is 0 Å². The zero-order chi connectivity index (χ0) is 12.4. The minimum absolute atomic E-state index is 0. The van der Waals surface area contributed by atoms with Crippen molar-refractivity contribution in [1.82, 2.24) is 9.55 Å². The van der Waals surface area contributed by atoms with Crippen molar-refractivity contribution < 1.29 is 4.92 Å². The van der Waals surface area contributed by atoms with E-state index < -0.39 is 4.92 Å². The van der Waals surface area contributed by atoms with Crippen LogP contribution in [0.1, 0.15) is 0 Å². The molecule has 0 radical (unpaired) electrons. The number of nitrogens with zero attached hydrogens (tertiary/aromatic N) is 3. The third-order valence-electron chi connectivity index (χ3n) is 2.10. The van der Waals surface area contributed by atoms with Gasteiger partial charge in [0.2, 0.25) is 0 Å². The molecular formula is C10H9Cl2N3O2S. The highest BCUT2D eigenvalue weighted by atomic mass is 35.5. The third kappa shape index (κ3) is 3.16. The summed E-state index contributed by atoms with van der Waals surface area (Å²) in [4.78, 5) is 15.1. The van der Waals surface area contributed by atoms with E-state index in [0.717, 1.165) is 0 Å². The summed E-state index contributed by atoms with van der Waals surface area (Å²) in [6.07, 6.45) is 3.42. The van der Waals surface area contributed by atoms with Crippen LogP contribution in [0.15, 0.2) is 40.6 Å². The molecule has 18 heavy (non-hydrogen) atoms. The monoisotopic (exact) mass is 305 g/mol. The fraction of sp³-hybridized carbons (Fsp3) is 0.100. The lowest BCUT2D eigenvalue weighted by Crippen LogP contribution is -1.93. The van der Waals surface area contributed by atoms with Crippen molar-refractivity contribution in [3.8, 4) is 0 Å². The molecule has 0 spiro atoms. The number of rotatable bonds is 3. The molecule has 0 fully saturated rings. The quantitative estimate of drug-likeness (QED) is 0.642. The Morgan fingerprint density at radius 2 is 2.22 bits per heavy atom. The van der Waals surface area contributed by atoms with Gasteiger partial charge in [-0.1, -0.05) is 11.6 Å². The van der Waals surface area contributed by atoms with Gasteiger partial charge in [-0.05, 0) is 23.9 Å². The third-order valence-corrected chi connectivity index (χ3v) is 3.47. The van der Waals surface area contributed by atoms with E-state index in [2.05, 4.69) is 4.98 Å². The average molecular weight is 306 g/mol. The number of aromatic nitrogens is 2. The first-order valence-electron chi connectivity index (χ1n) is 4.67. The summed E-state index contributed by atoms with van der Waals surface area (Å²) in [5.41, 5.74) is -0.00880. The predicted octanol–water partition coefficient (Wildman–Crippen LogP) is 3.55. The van der Waals surface area contributed by atoms with Gasteiger partial charge in [0.1, 0.15) is 0 Å². The first kappa shape index (κ1) is 14.8. The Morgan fingerprint density at radius 1 is 1.50 bits per heavy atom. The molecule has 0 saturated heterocycles. The number of nitro benzene ring substituents is 1. The zero-order valence-corrected chi connectivity index (χ0v) is 11.6. The number of imidazole rings is 1. The maximum absolute atomic E-state index is 10.9. The van der Waals surface area contributed by atoms with Crippen molar-refractivity contribution in [2.24, 2.45) is 7.05 Å². The fourth-order valence-electron chi connectivity index (χ4n) is 1.27. The van der Waals surface area contributed by atoms with E-state index in [1.807, 2.05) is 7.05 Å². The Bertz CT molecular complexity index is 574. The molecular weight excluding hydrogens is 297 g/mol. The van der Waals surface area contributed by atoms with Crippen LogP contribution in [0, 0.1) is 10.1 Å². The molecule has 5 nitrogen and oxygen atoms in total. The van der Waals surface area contributed by atoms with Gasteiger partial charge < -0.3 is 4.57 Å². The standard InChI is InChI=1S/C10H8ClN3O2S.ClH/c1-13-5-4-12-10(13)17-9-3-2-7(11)6-8(9)14(15)16;/h2-6H,1H3;1H. The van der Waals surface area contributed by atoms with E-state index in [9.17, 15) is 10.1 Å². The lowest BCUT2D eigenvalue weighted by Gasteiger charge is -2.03. The van der Waals surface area contributed by atoms with Crippen LogP contribution in [0.2, 0.25) is 5.02 Å². The highest BCUT2D eigenvalue weighted by Gasteiger charge is 2.16. The summed E-state index contributed by atoms with van der Waals surface area (Å²) >= 11 is 6.98. The van der Waals surface area contributed by atoms with E-state index in [-0.39, 0.29) is 18.1 Å². The fourth-order valence-corrected chi connectivity index (χ4v) is 2.32. The van der Waals surface area contributed by atoms with Crippen LogP contribution in [0.4, 0.5) is 5.69 Å². The predicted molar refractivity (Wildman–Crippen MR) is 72.7 cm³/mol. The van der Waals surface area contributed by atoms with Gasteiger partial charge in [-0.2, -0.15) is 0 Å². The van der Waals surface area contributed by atoms with Gasteiger partial charge >= 0.3 is 0 Å². The highest BCUT2D eigenvalue weighted by molar-refractivity contribution is 7.99. The number of benzene rings is 1. The lowest BCUT2D eigenvalue weighted by molar-refractivity contribution is -0.387. The zero-order valence-electron chi connectivity index (χ0n) is 9.24. The van der Waals surface area contributed by atoms with Crippen LogP contribution in [0.5, 0.6) is 0 Å². The number of hydrogen-bond donors (Lipinski definition) is 0. The summed E-state index contributed by atoms with van der Waals surface area (Å²) in [7, 11) is 1.83. The van der Waals surface area contributed by atoms with Gasteiger partial charge in [0.15, 0.2) is 5.16 Å². The van der Waals surface area contributed by atoms with Crippen molar-refractivity contribution in [2.45, 2.75) is 10.1 Å². The summed E-state index contributed by atoms with van der Waals surface area (Å²) in [6, 6.07) is 4.59. The molecule has 0 atom stereocenters. The molecule has 0 N–H and O–H groups in total. The Balaban J connectivity index is 0.00000162. The second-order valence-electron chi connectivity index (χ2n) is 3.29. The minimum Gasteiger partial charge on any atom is -0.329 e. The average Bonchev–Trinajstić information content (AvgIpc) is 2.67. The van der Waals surface area contributed by atoms with Gasteiger partial charge in [-0.25, -0.2) is 4.98 Å². The number of hydrogen-bond acceptors (Lipinski definition) is 4. The largest absolute Gasteiger partial charge is 0.329 e. The van der Waals surface area contributed by atoms with E-state index in [1.54, 1.807) is 29.1 Å². The molecule has 0 bridgehead atoms. The van der Waals surface area contributed by atoms with E-state index >= 15 is 0 Å². The molecule has 0 aliphatic carbocycles. The second-order valence-corrected chi connectivity index (χ2v) is 4.74. The molecule has 8 heteroatoms. The Hall–Kier alpha value is -1.24. The molecule has 0 aliphatic heterocycles. The van der Waals surface area contributed by atoms with Crippen LogP contribution in [-0.2, 0) is 7.05 Å². The molecule has 1 aromatic heterocycles. The van der Waals surface area contributed by atoms with Crippen LogP contribution in [-0.4, -0.2) is 14.5 Å². The highest BCUT2D eigenvalue weighted by Crippen LogP contribution is 2.35. The SMILES string of the molecule is Cl.Cn1ccnc1Sc1ccc(Cl)cc1[N+](=O)[O-]. The normalized spacial score (nSPS) is 9.89. The van der Waals surface area contributed by atoms with Crippen LogP contribution >= 0.6 is 35.8 Å². The molecule has 96 valence electrons. The Morgan fingerprint density at radius 3 is 2.78 bits per heavy atom. The first-order valence-corrected chi connectivity index (χ1v) is 5.86. The van der Waals surface area contributed by atoms with E-state index in [4.69, 9.17) is 11.6 Å². The minimum atomic E-state index is -0.447. The molecule has 1 heterocycles. The van der Waals surface area contributed by atoms with E-state index in [0.29, 0.717) is 15.1 Å². The maximum Gasteiger partial charge on any atom is 0.284 e. The van der Waals surface area contributed by atoms with Crippen molar-refractivity contribution in [2.75, 3.05) is 0 Å². The first-order chi connectivity index (χ1) is 8.08. The topological polar surface area (TPSA) is 61.0 Å². The van der Waals surface area contributed by atoms with Gasteiger partial charge in [0, 0.05) is 30.5 Å². The maximum atomic E-state index is 10.9.